The highest BCUT2D eigenvalue weighted by Gasteiger charge is 2.41. The van der Waals surface area contributed by atoms with Gasteiger partial charge in [-0.3, -0.25) is 29.8 Å². The molecule has 174 valence electrons. The van der Waals surface area contributed by atoms with Crippen molar-refractivity contribution in [3.05, 3.63) is 72.6 Å². The van der Waals surface area contributed by atoms with Crippen LogP contribution in [0.1, 0.15) is 24.4 Å². The number of benzene rings is 1. The summed E-state index contributed by atoms with van der Waals surface area (Å²) in [5.74, 6) is -0.0463. The number of nitrogens with zero attached hydrogens (tertiary/aromatic N) is 2. The Hall–Kier alpha value is -4.02. The van der Waals surface area contributed by atoms with Crippen LogP contribution in [-0.4, -0.2) is 35.7 Å². The first-order valence-corrected chi connectivity index (χ1v) is 10.9. The Kier molecular flexibility index (Phi) is 5.83. The number of imide groups is 2. The van der Waals surface area contributed by atoms with E-state index in [1.54, 1.807) is 61.1 Å². The van der Waals surface area contributed by atoms with Crippen LogP contribution in [0.15, 0.2) is 69.9 Å². The van der Waals surface area contributed by atoms with Gasteiger partial charge < -0.3 is 8.83 Å². The second-order valence-electron chi connectivity index (χ2n) is 8.09. The zero-order chi connectivity index (χ0) is 23.7. The first kappa shape index (κ1) is 21.8. The minimum Gasteiger partial charge on any atom is -0.468 e. The van der Waals surface area contributed by atoms with Crippen molar-refractivity contribution in [2.75, 3.05) is 9.80 Å². The SMILES string of the molecule is O=C1CC(NCc2ccco2)C(=O)N1c1ccc(N2C(=O)CC(NCc3ccco3)C2=O)cc1. The molecule has 34 heavy (non-hydrogen) atoms. The molecule has 10 nitrogen and oxygen atoms in total. The second kappa shape index (κ2) is 9.08. The maximum absolute atomic E-state index is 12.8. The summed E-state index contributed by atoms with van der Waals surface area (Å²) in [5.41, 5.74) is 0.764. The predicted octanol–water partition coefficient (Wildman–Crippen LogP) is 1.72. The van der Waals surface area contributed by atoms with Gasteiger partial charge in [0.1, 0.15) is 11.5 Å². The standard InChI is InChI=1S/C24H22N4O6/c29-21-11-19(25-13-17-3-1-9-33-17)23(31)27(21)15-5-7-16(8-6-15)28-22(30)12-20(24(28)32)26-14-18-4-2-10-34-18/h1-10,19-20,25-26H,11-14H2. The van der Waals surface area contributed by atoms with Crippen LogP contribution in [0.5, 0.6) is 0 Å². The van der Waals surface area contributed by atoms with E-state index in [0.29, 0.717) is 36.0 Å². The zero-order valence-corrected chi connectivity index (χ0v) is 18.1. The van der Waals surface area contributed by atoms with Gasteiger partial charge in [-0.05, 0) is 48.5 Å². The van der Waals surface area contributed by atoms with Crippen molar-refractivity contribution in [1.29, 1.82) is 0 Å². The average molecular weight is 462 g/mol. The first-order valence-electron chi connectivity index (χ1n) is 10.9. The molecule has 0 saturated carbocycles. The molecule has 2 unspecified atom stereocenters. The highest BCUT2D eigenvalue weighted by molar-refractivity contribution is 6.24. The highest BCUT2D eigenvalue weighted by Crippen LogP contribution is 2.28. The van der Waals surface area contributed by atoms with Crippen LogP contribution < -0.4 is 20.4 Å². The molecule has 2 atom stereocenters. The number of hydrogen-bond acceptors (Lipinski definition) is 8. The number of nitrogens with one attached hydrogen (secondary N) is 2. The lowest BCUT2D eigenvalue weighted by Crippen LogP contribution is -2.39. The Bertz CT molecular complexity index is 1110. The molecule has 0 radical (unpaired) electrons. The quantitative estimate of drug-likeness (QED) is 0.485. The Morgan fingerprint density at radius 3 is 1.44 bits per heavy atom. The molecule has 0 aliphatic carbocycles. The van der Waals surface area contributed by atoms with Gasteiger partial charge in [-0.1, -0.05) is 0 Å². The molecule has 0 spiro atoms. The molecule has 5 rings (SSSR count). The highest BCUT2D eigenvalue weighted by atomic mass is 16.3. The molecule has 2 fully saturated rings. The van der Waals surface area contributed by atoms with Crippen LogP contribution in [-0.2, 0) is 32.3 Å². The van der Waals surface area contributed by atoms with Gasteiger partial charge in [-0.15, -0.1) is 0 Å². The molecule has 3 aromatic rings. The minimum atomic E-state index is -0.653. The fourth-order valence-corrected chi connectivity index (χ4v) is 4.15. The summed E-state index contributed by atoms with van der Waals surface area (Å²) in [4.78, 5) is 52.9. The van der Waals surface area contributed by atoms with Crippen molar-refractivity contribution < 1.29 is 28.0 Å². The number of amides is 4. The molecule has 0 bridgehead atoms. The molecule has 2 aromatic heterocycles. The normalized spacial score (nSPS) is 20.7. The lowest BCUT2D eigenvalue weighted by molar-refractivity contribution is -0.123. The second-order valence-corrected chi connectivity index (χ2v) is 8.09. The fourth-order valence-electron chi connectivity index (χ4n) is 4.15. The van der Waals surface area contributed by atoms with Crippen molar-refractivity contribution in [2.24, 2.45) is 0 Å². The van der Waals surface area contributed by atoms with Gasteiger partial charge in [0.15, 0.2) is 0 Å². The summed E-state index contributed by atoms with van der Waals surface area (Å²) >= 11 is 0. The molecule has 2 aliphatic heterocycles. The zero-order valence-electron chi connectivity index (χ0n) is 18.1. The molecular weight excluding hydrogens is 440 g/mol. The largest absolute Gasteiger partial charge is 0.468 e. The van der Waals surface area contributed by atoms with E-state index in [4.69, 9.17) is 8.83 Å². The molecule has 2 saturated heterocycles. The number of furan rings is 2. The summed E-state index contributed by atoms with van der Waals surface area (Å²) in [6, 6.07) is 12.0. The summed E-state index contributed by atoms with van der Waals surface area (Å²) in [6.07, 6.45) is 3.15. The third-order valence-electron chi connectivity index (χ3n) is 5.86. The summed E-state index contributed by atoms with van der Waals surface area (Å²) in [7, 11) is 0. The first-order chi connectivity index (χ1) is 16.5. The molecule has 1 aromatic carbocycles. The van der Waals surface area contributed by atoms with E-state index >= 15 is 0 Å². The topological polar surface area (TPSA) is 125 Å². The number of rotatable bonds is 8. The average Bonchev–Trinajstić information content (AvgIpc) is 3.61. The maximum atomic E-state index is 12.8. The van der Waals surface area contributed by atoms with Gasteiger partial charge >= 0.3 is 0 Å². The number of anilines is 2. The number of carbonyl (C=O) groups is 4. The van der Waals surface area contributed by atoms with E-state index < -0.39 is 12.1 Å². The third kappa shape index (κ3) is 4.16. The predicted molar refractivity (Wildman–Crippen MR) is 119 cm³/mol. The molecular formula is C24H22N4O6. The van der Waals surface area contributed by atoms with E-state index in [-0.39, 0.29) is 36.5 Å². The van der Waals surface area contributed by atoms with Crippen LogP contribution in [0, 0.1) is 0 Å². The van der Waals surface area contributed by atoms with Gasteiger partial charge in [0, 0.05) is 0 Å². The fraction of sp³-hybridized carbons (Fsp3) is 0.250. The summed E-state index contributed by atoms with van der Waals surface area (Å²) < 4.78 is 10.5. The monoisotopic (exact) mass is 462 g/mol. The number of hydrogen-bond donors (Lipinski definition) is 2. The van der Waals surface area contributed by atoms with E-state index in [1.807, 2.05) is 0 Å². The van der Waals surface area contributed by atoms with Crippen LogP contribution >= 0.6 is 0 Å². The molecule has 2 N–H and O–H groups in total. The van der Waals surface area contributed by atoms with Crippen molar-refractivity contribution in [1.82, 2.24) is 10.6 Å². The van der Waals surface area contributed by atoms with Crippen LogP contribution in [0.4, 0.5) is 11.4 Å². The van der Waals surface area contributed by atoms with E-state index in [9.17, 15) is 19.2 Å². The van der Waals surface area contributed by atoms with Crippen LogP contribution in [0.3, 0.4) is 0 Å². The van der Waals surface area contributed by atoms with E-state index in [2.05, 4.69) is 10.6 Å². The number of carbonyl (C=O) groups excluding carboxylic acids is 4. The lowest BCUT2D eigenvalue weighted by Gasteiger charge is -2.18. The molecule has 4 heterocycles. The molecule has 4 amide bonds. The minimum absolute atomic E-state index is 0.0351. The smallest absolute Gasteiger partial charge is 0.251 e. The Morgan fingerprint density at radius 1 is 0.676 bits per heavy atom. The van der Waals surface area contributed by atoms with Crippen LogP contribution in [0.25, 0.3) is 0 Å². The Balaban J connectivity index is 1.24. The van der Waals surface area contributed by atoms with Crippen molar-refractivity contribution in [2.45, 2.75) is 38.0 Å². The van der Waals surface area contributed by atoms with Crippen molar-refractivity contribution in [3.8, 4) is 0 Å². The van der Waals surface area contributed by atoms with Gasteiger partial charge in [-0.25, -0.2) is 9.80 Å². The molecule has 2 aliphatic rings. The lowest BCUT2D eigenvalue weighted by atomic mass is 10.2. The van der Waals surface area contributed by atoms with Crippen molar-refractivity contribution in [3.63, 3.8) is 0 Å². The molecule has 10 heteroatoms. The third-order valence-corrected chi connectivity index (χ3v) is 5.86. The Labute approximate surface area is 194 Å². The van der Waals surface area contributed by atoms with Gasteiger partial charge in [0.2, 0.25) is 11.8 Å². The van der Waals surface area contributed by atoms with Gasteiger partial charge in [-0.2, -0.15) is 0 Å². The van der Waals surface area contributed by atoms with E-state index in [0.717, 1.165) is 9.80 Å². The Morgan fingerprint density at radius 2 is 1.09 bits per heavy atom. The van der Waals surface area contributed by atoms with Gasteiger partial charge in [0.05, 0.1) is 61.9 Å². The van der Waals surface area contributed by atoms with E-state index in [1.165, 1.54) is 0 Å². The van der Waals surface area contributed by atoms with Crippen molar-refractivity contribution >= 4 is 35.0 Å². The summed E-state index contributed by atoms with van der Waals surface area (Å²) in [5, 5.41) is 6.08. The van der Waals surface area contributed by atoms with Crippen LogP contribution in [0.2, 0.25) is 0 Å². The summed E-state index contributed by atoms with van der Waals surface area (Å²) in [6.45, 7) is 0.662. The maximum Gasteiger partial charge on any atom is 0.251 e. The van der Waals surface area contributed by atoms with Gasteiger partial charge in [0.25, 0.3) is 11.8 Å².